The number of phenols is 1. The van der Waals surface area contributed by atoms with E-state index in [1.807, 2.05) is 12.1 Å². The van der Waals surface area contributed by atoms with Gasteiger partial charge in [-0.1, -0.05) is 19.4 Å². The molecule has 0 bridgehead atoms. The van der Waals surface area contributed by atoms with Gasteiger partial charge in [0.2, 0.25) is 0 Å². The molecule has 2 aliphatic rings. The van der Waals surface area contributed by atoms with Gasteiger partial charge in [0.05, 0.1) is 12.5 Å². The molecule has 3 nitrogen and oxygen atoms in total. The molecule has 0 aliphatic heterocycles. The lowest BCUT2D eigenvalue weighted by Gasteiger charge is -2.54. The van der Waals surface area contributed by atoms with Crippen LogP contribution in [0.1, 0.15) is 50.7 Å². The lowest BCUT2D eigenvalue weighted by atomic mass is 9.50. The zero-order valence-corrected chi connectivity index (χ0v) is 13.1. The van der Waals surface area contributed by atoms with E-state index in [0.29, 0.717) is 5.75 Å². The van der Waals surface area contributed by atoms with E-state index in [-0.39, 0.29) is 17.3 Å². The predicted molar refractivity (Wildman–Crippen MR) is 81.2 cm³/mol. The summed E-state index contributed by atoms with van der Waals surface area (Å²) in [6.07, 6.45) is 4.98. The van der Waals surface area contributed by atoms with Gasteiger partial charge in [-0.15, -0.1) is 0 Å². The van der Waals surface area contributed by atoms with E-state index in [4.69, 9.17) is 4.74 Å². The Kier molecular flexibility index (Phi) is 3.27. The van der Waals surface area contributed by atoms with Crippen molar-refractivity contribution in [2.24, 2.45) is 11.3 Å². The first-order valence-electron chi connectivity index (χ1n) is 7.82. The third-order valence-electron chi connectivity index (χ3n) is 5.99. The van der Waals surface area contributed by atoms with Crippen LogP contribution in [0.25, 0.3) is 0 Å². The molecule has 1 N–H and O–H groups in total. The molecule has 21 heavy (non-hydrogen) atoms. The molecule has 1 aromatic rings. The average Bonchev–Trinajstić information content (AvgIpc) is 2.46. The second-order valence-corrected chi connectivity index (χ2v) is 7.11. The predicted octanol–water partition coefficient (Wildman–Crippen LogP) is 3.58. The average molecular weight is 288 g/mol. The Balaban J connectivity index is 2.10. The van der Waals surface area contributed by atoms with Gasteiger partial charge in [-0.25, -0.2) is 0 Å². The fraction of sp³-hybridized carbons (Fsp3) is 0.611. The van der Waals surface area contributed by atoms with E-state index < -0.39 is 5.41 Å². The Hall–Kier alpha value is -1.51. The van der Waals surface area contributed by atoms with Crippen molar-refractivity contribution in [3.05, 3.63) is 29.3 Å². The first-order chi connectivity index (χ1) is 9.91. The first kappa shape index (κ1) is 14.4. The topological polar surface area (TPSA) is 46.5 Å². The number of phenolic OH excluding ortho intramolecular Hbond substituents is 1. The number of benzene rings is 1. The van der Waals surface area contributed by atoms with Gasteiger partial charge in [0, 0.05) is 0 Å². The zero-order valence-electron chi connectivity index (χ0n) is 13.1. The second kappa shape index (κ2) is 4.75. The summed E-state index contributed by atoms with van der Waals surface area (Å²) in [5, 5.41) is 9.89. The molecular weight excluding hydrogens is 264 g/mol. The molecular formula is C18H24O3. The molecule has 0 saturated heterocycles. The van der Waals surface area contributed by atoms with Crippen LogP contribution < -0.4 is 0 Å². The van der Waals surface area contributed by atoms with Crippen LogP contribution in [0.4, 0.5) is 0 Å². The van der Waals surface area contributed by atoms with Gasteiger partial charge < -0.3 is 9.84 Å². The summed E-state index contributed by atoms with van der Waals surface area (Å²) >= 11 is 0. The van der Waals surface area contributed by atoms with E-state index in [1.54, 1.807) is 6.07 Å². The number of methoxy groups -OCH3 is 1. The van der Waals surface area contributed by atoms with Crippen LogP contribution in [0.2, 0.25) is 0 Å². The molecule has 0 heterocycles. The summed E-state index contributed by atoms with van der Waals surface area (Å²) < 4.78 is 5.11. The number of esters is 1. The Morgan fingerprint density at radius 2 is 2.10 bits per heavy atom. The second-order valence-electron chi connectivity index (χ2n) is 7.11. The van der Waals surface area contributed by atoms with Crippen molar-refractivity contribution in [3.8, 4) is 5.75 Å². The minimum atomic E-state index is -0.412. The first-order valence-corrected chi connectivity index (χ1v) is 7.82. The van der Waals surface area contributed by atoms with Gasteiger partial charge in [0.1, 0.15) is 5.75 Å². The van der Waals surface area contributed by atoms with E-state index in [0.717, 1.165) is 32.1 Å². The van der Waals surface area contributed by atoms with Crippen molar-refractivity contribution in [1.29, 1.82) is 0 Å². The highest BCUT2D eigenvalue weighted by Crippen LogP contribution is 2.57. The highest BCUT2D eigenvalue weighted by atomic mass is 16.5. The lowest BCUT2D eigenvalue weighted by Crippen LogP contribution is -2.52. The standard InChI is InChI=1S/C18H24O3/c1-17-9-4-10-18(2,16(20)21-3)15(17)8-6-12-5-7-13(19)11-14(12)17/h5,7,11,15,19H,4,6,8-10H2,1-3H3/t15-,17-,18-/m1/s1. The molecule has 0 spiro atoms. The molecule has 0 aromatic heterocycles. The van der Waals surface area contributed by atoms with E-state index in [9.17, 15) is 9.90 Å². The van der Waals surface area contributed by atoms with Gasteiger partial charge in [-0.2, -0.15) is 0 Å². The summed E-state index contributed by atoms with van der Waals surface area (Å²) in [4.78, 5) is 12.4. The molecule has 1 aromatic carbocycles. The molecule has 3 heteroatoms. The van der Waals surface area contributed by atoms with Crippen LogP contribution in [0.5, 0.6) is 5.75 Å². The molecule has 0 unspecified atom stereocenters. The number of hydrogen-bond donors (Lipinski definition) is 1. The van der Waals surface area contributed by atoms with Gasteiger partial charge in [0.15, 0.2) is 0 Å². The fourth-order valence-electron chi connectivity index (χ4n) is 4.93. The van der Waals surface area contributed by atoms with E-state index >= 15 is 0 Å². The number of carbonyl (C=O) groups excluding carboxylic acids is 1. The largest absolute Gasteiger partial charge is 0.508 e. The smallest absolute Gasteiger partial charge is 0.311 e. The third-order valence-corrected chi connectivity index (χ3v) is 5.99. The van der Waals surface area contributed by atoms with Crippen molar-refractivity contribution in [2.45, 2.75) is 51.4 Å². The zero-order chi connectivity index (χ0) is 15.3. The summed E-state index contributed by atoms with van der Waals surface area (Å²) in [5.41, 5.74) is 2.09. The van der Waals surface area contributed by atoms with Crippen LogP contribution >= 0.6 is 0 Å². The molecule has 0 amide bonds. The maximum atomic E-state index is 12.4. The van der Waals surface area contributed by atoms with Crippen LogP contribution in [-0.2, 0) is 21.4 Å². The maximum Gasteiger partial charge on any atom is 0.311 e. The third kappa shape index (κ3) is 1.97. The fourth-order valence-corrected chi connectivity index (χ4v) is 4.93. The van der Waals surface area contributed by atoms with Crippen molar-refractivity contribution in [3.63, 3.8) is 0 Å². The Labute approximate surface area is 126 Å². The normalized spacial score (nSPS) is 34.7. The molecule has 2 aliphatic carbocycles. The van der Waals surface area contributed by atoms with E-state index in [1.165, 1.54) is 18.2 Å². The number of aryl methyl sites for hydroxylation is 1. The van der Waals surface area contributed by atoms with Gasteiger partial charge in [0.25, 0.3) is 0 Å². The molecule has 0 radical (unpaired) electrons. The molecule has 114 valence electrons. The maximum absolute atomic E-state index is 12.4. The minimum Gasteiger partial charge on any atom is -0.508 e. The summed E-state index contributed by atoms with van der Waals surface area (Å²) in [6, 6.07) is 5.71. The van der Waals surface area contributed by atoms with Gasteiger partial charge in [-0.05, 0) is 67.2 Å². The number of aromatic hydroxyl groups is 1. The van der Waals surface area contributed by atoms with Crippen LogP contribution in [-0.4, -0.2) is 18.2 Å². The molecule has 1 saturated carbocycles. The quantitative estimate of drug-likeness (QED) is 0.803. The van der Waals surface area contributed by atoms with Crippen LogP contribution in [0.15, 0.2) is 18.2 Å². The Morgan fingerprint density at radius 3 is 2.81 bits per heavy atom. The van der Waals surface area contributed by atoms with Crippen molar-refractivity contribution in [1.82, 2.24) is 0 Å². The Bertz CT molecular complexity index is 580. The SMILES string of the molecule is COC(=O)[C@]1(C)CCC[C@]2(C)c3cc(O)ccc3CC[C@@H]12. The highest BCUT2D eigenvalue weighted by molar-refractivity contribution is 5.77. The van der Waals surface area contributed by atoms with Crippen LogP contribution in [0, 0.1) is 11.3 Å². The van der Waals surface area contributed by atoms with E-state index in [2.05, 4.69) is 13.8 Å². The summed E-state index contributed by atoms with van der Waals surface area (Å²) in [6.45, 7) is 4.32. The number of ether oxygens (including phenoxy) is 1. The summed E-state index contributed by atoms with van der Waals surface area (Å²) in [5.74, 6) is 0.517. The number of fused-ring (bicyclic) bond motifs is 3. The Morgan fingerprint density at radius 1 is 1.33 bits per heavy atom. The van der Waals surface area contributed by atoms with Crippen molar-refractivity contribution in [2.75, 3.05) is 7.11 Å². The van der Waals surface area contributed by atoms with Crippen LogP contribution in [0.3, 0.4) is 0 Å². The molecule has 3 atom stereocenters. The van der Waals surface area contributed by atoms with Crippen molar-refractivity contribution >= 4 is 5.97 Å². The summed E-state index contributed by atoms with van der Waals surface area (Å²) in [7, 11) is 1.49. The number of carbonyl (C=O) groups is 1. The molecule has 3 rings (SSSR count). The number of hydrogen-bond acceptors (Lipinski definition) is 3. The monoisotopic (exact) mass is 288 g/mol. The lowest BCUT2D eigenvalue weighted by molar-refractivity contribution is -0.161. The van der Waals surface area contributed by atoms with Gasteiger partial charge >= 0.3 is 5.97 Å². The number of rotatable bonds is 1. The van der Waals surface area contributed by atoms with Gasteiger partial charge in [-0.3, -0.25) is 4.79 Å². The molecule has 1 fully saturated rings. The highest BCUT2D eigenvalue weighted by Gasteiger charge is 2.55. The van der Waals surface area contributed by atoms with Crippen molar-refractivity contribution < 1.29 is 14.6 Å². The minimum absolute atomic E-state index is 0.0481.